The number of nitrogens with zero attached hydrogens (tertiary/aromatic N) is 2. The van der Waals surface area contributed by atoms with Crippen molar-refractivity contribution in [3.05, 3.63) is 90.0 Å². The lowest BCUT2D eigenvalue weighted by Gasteiger charge is -2.36. The van der Waals surface area contributed by atoms with Gasteiger partial charge in [0, 0.05) is 43.2 Å². The van der Waals surface area contributed by atoms with Gasteiger partial charge in [0.2, 0.25) is 6.79 Å². The van der Waals surface area contributed by atoms with E-state index in [0.717, 1.165) is 47.1 Å². The van der Waals surface area contributed by atoms with Crippen LogP contribution < -0.4 is 24.8 Å². The molecule has 0 unspecified atom stereocenters. The summed E-state index contributed by atoms with van der Waals surface area (Å²) in [5, 5.41) is 18.1. The number of aliphatic hydroxyl groups excluding tert-OH is 1. The van der Waals surface area contributed by atoms with Crippen LogP contribution in [0.5, 0.6) is 17.2 Å². The van der Waals surface area contributed by atoms with Crippen LogP contribution in [-0.4, -0.2) is 85.2 Å². The molecule has 2 heterocycles. The number of urea groups is 1. The van der Waals surface area contributed by atoms with Crippen LogP contribution in [0.3, 0.4) is 0 Å². The van der Waals surface area contributed by atoms with Crippen molar-refractivity contribution in [2.45, 2.75) is 64.8 Å². The van der Waals surface area contributed by atoms with Gasteiger partial charge in [-0.05, 0) is 87.5 Å². The van der Waals surface area contributed by atoms with Crippen LogP contribution in [0.15, 0.2) is 78.9 Å². The molecule has 4 atom stereocenters. The van der Waals surface area contributed by atoms with Gasteiger partial charge >= 0.3 is 6.03 Å². The molecule has 0 aromatic heterocycles. The predicted molar refractivity (Wildman–Crippen MR) is 202 cm³/mol. The Bertz CT molecular complexity index is 1850. The van der Waals surface area contributed by atoms with E-state index in [0.29, 0.717) is 48.9 Å². The van der Waals surface area contributed by atoms with Gasteiger partial charge in [-0.15, -0.1) is 0 Å². The Kier molecular flexibility index (Phi) is 12.2. The molecule has 4 aromatic carbocycles. The van der Waals surface area contributed by atoms with Crippen LogP contribution >= 0.6 is 0 Å². The molecule has 0 bridgehead atoms. The maximum atomic E-state index is 14.5. The average Bonchev–Trinajstić information content (AvgIpc) is 3.61. The Hall–Kier alpha value is -4.84. The largest absolute Gasteiger partial charge is 0.490 e. The Morgan fingerprint density at radius 3 is 2.60 bits per heavy atom. The quantitative estimate of drug-likeness (QED) is 0.177. The number of benzene rings is 4. The van der Waals surface area contributed by atoms with Gasteiger partial charge in [-0.3, -0.25) is 9.69 Å². The second-order valence-electron chi connectivity index (χ2n) is 14.0. The first-order chi connectivity index (χ1) is 25.2. The minimum Gasteiger partial charge on any atom is -0.490 e. The van der Waals surface area contributed by atoms with Crippen LogP contribution in [0, 0.1) is 5.92 Å². The molecule has 276 valence electrons. The number of aliphatic hydroxyl groups is 1. The topological polar surface area (TPSA) is 122 Å². The van der Waals surface area contributed by atoms with E-state index in [4.69, 9.17) is 18.9 Å². The monoisotopic (exact) mass is 710 g/mol. The fourth-order valence-corrected chi connectivity index (χ4v) is 6.80. The molecule has 2 aliphatic rings. The highest BCUT2D eigenvalue weighted by Gasteiger charge is 2.30. The summed E-state index contributed by atoms with van der Waals surface area (Å²) >= 11 is 0. The number of rotatable bonds is 8. The van der Waals surface area contributed by atoms with E-state index in [1.165, 1.54) is 0 Å². The molecule has 3 amide bonds. The van der Waals surface area contributed by atoms with Crippen LogP contribution in [0.25, 0.3) is 10.8 Å². The smallest absolute Gasteiger partial charge is 0.323 e. The molecule has 52 heavy (non-hydrogen) atoms. The summed E-state index contributed by atoms with van der Waals surface area (Å²) < 4.78 is 24.0. The number of ether oxygens (including phenoxy) is 4. The van der Waals surface area contributed by atoms with Crippen LogP contribution in [0.2, 0.25) is 0 Å². The molecule has 11 nitrogen and oxygen atoms in total. The number of anilines is 2. The molecule has 0 aliphatic carbocycles. The van der Waals surface area contributed by atoms with E-state index in [-0.39, 0.29) is 37.4 Å². The summed E-state index contributed by atoms with van der Waals surface area (Å²) in [5.41, 5.74) is 2.54. The summed E-state index contributed by atoms with van der Waals surface area (Å²) in [6.45, 7) is 8.19. The highest BCUT2D eigenvalue weighted by Crippen LogP contribution is 2.33. The Balaban J connectivity index is 1.22. The number of fused-ring (bicyclic) bond motifs is 3. The molecule has 3 N–H and O–H groups in total. The van der Waals surface area contributed by atoms with Crippen LogP contribution in [-0.2, 0) is 11.3 Å². The maximum absolute atomic E-state index is 14.5. The number of likely N-dealkylation sites (N-methyl/N-ethyl adjacent to an activating group) is 1. The fraction of sp³-hybridized carbons (Fsp3) is 0.415. The molecule has 0 fully saturated rings. The Morgan fingerprint density at radius 1 is 0.962 bits per heavy atom. The molecular formula is C41H50N4O7. The number of hydrogen-bond acceptors (Lipinski definition) is 8. The highest BCUT2D eigenvalue weighted by molar-refractivity contribution is 6.07. The van der Waals surface area contributed by atoms with Gasteiger partial charge in [0.25, 0.3) is 5.91 Å². The third-order valence-corrected chi connectivity index (χ3v) is 9.73. The normalized spacial score (nSPS) is 20.2. The number of amides is 3. The lowest BCUT2D eigenvalue weighted by molar-refractivity contribution is -0.0177. The van der Waals surface area contributed by atoms with E-state index in [9.17, 15) is 14.7 Å². The molecule has 11 heteroatoms. The SMILES string of the molecule is C[C@@H]1CCCCO[C@@H](CN(C)Cc2ccc3c(c2)OCO3)[C@@H](C)CN([C@@H](C)CO)C(=O)c2cc(NC(=O)Nc3cccc4ccccc34)ccc2O1. The highest BCUT2D eigenvalue weighted by atomic mass is 16.7. The van der Waals surface area contributed by atoms with Gasteiger partial charge in [0.15, 0.2) is 11.5 Å². The zero-order chi connectivity index (χ0) is 36.6. The van der Waals surface area contributed by atoms with Gasteiger partial charge in [-0.1, -0.05) is 49.4 Å². The average molecular weight is 711 g/mol. The first-order valence-corrected chi connectivity index (χ1v) is 18.2. The summed E-state index contributed by atoms with van der Waals surface area (Å²) in [6, 6.07) is 23.8. The molecule has 6 rings (SSSR count). The van der Waals surface area contributed by atoms with E-state index < -0.39 is 12.1 Å². The zero-order valence-electron chi connectivity index (χ0n) is 30.5. The second kappa shape index (κ2) is 17.1. The standard InChI is InChI=1S/C41H50N4O7/c1-27-22-45(28(2)25-46)40(47)34-21-32(42-41(48)43-35-14-9-12-31-11-5-6-13-33(31)35)16-18-36(34)52-29(3)10-7-8-19-49-39(27)24-44(4)23-30-15-17-37-38(20-30)51-26-50-37/h5-6,9,11-18,20-21,27-29,39,46H,7-8,10,19,22-26H2,1-4H3,(H2,42,43,48)/t27-,28-,29+,39-/m0/s1. The molecular weight excluding hydrogens is 660 g/mol. The molecule has 0 saturated heterocycles. The summed E-state index contributed by atoms with van der Waals surface area (Å²) in [4.78, 5) is 31.7. The van der Waals surface area contributed by atoms with Crippen molar-refractivity contribution in [1.82, 2.24) is 9.80 Å². The van der Waals surface area contributed by atoms with Crippen LogP contribution in [0.1, 0.15) is 56.0 Å². The molecule has 0 saturated carbocycles. The Labute approximate surface area is 305 Å². The van der Waals surface area contributed by atoms with E-state index in [2.05, 4.69) is 29.5 Å². The summed E-state index contributed by atoms with van der Waals surface area (Å²) in [7, 11) is 2.06. The number of carbonyl (C=O) groups is 2. The zero-order valence-corrected chi connectivity index (χ0v) is 30.5. The molecule has 4 aromatic rings. The minimum atomic E-state index is -0.480. The first-order valence-electron chi connectivity index (χ1n) is 18.2. The maximum Gasteiger partial charge on any atom is 0.323 e. The van der Waals surface area contributed by atoms with Gasteiger partial charge in [0.05, 0.1) is 36.1 Å². The number of hydrogen-bond donors (Lipinski definition) is 3. The van der Waals surface area contributed by atoms with E-state index >= 15 is 0 Å². The summed E-state index contributed by atoms with van der Waals surface area (Å²) in [6.07, 6.45) is 2.22. The lowest BCUT2D eigenvalue weighted by atomic mass is 10.0. The van der Waals surface area contributed by atoms with E-state index in [1.54, 1.807) is 23.1 Å². The van der Waals surface area contributed by atoms with E-state index in [1.807, 2.05) is 74.5 Å². The van der Waals surface area contributed by atoms with Crippen molar-refractivity contribution >= 4 is 34.1 Å². The van der Waals surface area contributed by atoms with Gasteiger partial charge < -0.3 is 39.6 Å². The second-order valence-corrected chi connectivity index (χ2v) is 14.0. The molecule has 0 radical (unpaired) electrons. The molecule has 0 spiro atoms. The van der Waals surface area contributed by atoms with Crippen molar-refractivity contribution in [3.8, 4) is 17.2 Å². The number of nitrogens with one attached hydrogen (secondary N) is 2. The Morgan fingerprint density at radius 2 is 1.75 bits per heavy atom. The molecule has 2 aliphatic heterocycles. The first kappa shape index (κ1) is 36.9. The van der Waals surface area contributed by atoms with Crippen molar-refractivity contribution < 1.29 is 33.6 Å². The lowest BCUT2D eigenvalue weighted by Crippen LogP contribution is -2.47. The van der Waals surface area contributed by atoms with Crippen LogP contribution in [0.4, 0.5) is 16.2 Å². The third kappa shape index (κ3) is 9.14. The van der Waals surface area contributed by atoms with Crippen molar-refractivity contribution in [1.29, 1.82) is 0 Å². The van der Waals surface area contributed by atoms with Gasteiger partial charge in [0.1, 0.15) is 5.75 Å². The van der Waals surface area contributed by atoms with Crippen molar-refractivity contribution in [2.24, 2.45) is 5.92 Å². The predicted octanol–water partition coefficient (Wildman–Crippen LogP) is 7.14. The van der Waals surface area contributed by atoms with Gasteiger partial charge in [-0.2, -0.15) is 0 Å². The number of carbonyl (C=O) groups excluding carboxylic acids is 2. The third-order valence-electron chi connectivity index (χ3n) is 9.73. The van der Waals surface area contributed by atoms with Crippen molar-refractivity contribution in [2.75, 3.05) is 50.8 Å². The summed E-state index contributed by atoms with van der Waals surface area (Å²) in [5.74, 6) is 1.58. The van der Waals surface area contributed by atoms with Crippen molar-refractivity contribution in [3.63, 3.8) is 0 Å². The fourth-order valence-electron chi connectivity index (χ4n) is 6.80. The minimum absolute atomic E-state index is 0.0730. The van der Waals surface area contributed by atoms with Gasteiger partial charge in [-0.25, -0.2) is 4.79 Å².